The molecule has 2 N–H and O–H groups in total. The van der Waals surface area contributed by atoms with Gasteiger partial charge in [-0.05, 0) is 42.8 Å². The number of ether oxygens (including phenoxy) is 5. The second-order valence-corrected chi connectivity index (χ2v) is 8.96. The van der Waals surface area contributed by atoms with Gasteiger partial charge in [0.05, 0.1) is 43.0 Å². The number of halogens is 1. The predicted octanol–water partition coefficient (Wildman–Crippen LogP) is 4.82. The van der Waals surface area contributed by atoms with Gasteiger partial charge in [0.15, 0.2) is 23.0 Å². The maximum Gasteiger partial charge on any atom is 0.300 e. The van der Waals surface area contributed by atoms with Gasteiger partial charge in [0.2, 0.25) is 6.79 Å². The molecule has 1 saturated heterocycles. The molecule has 0 bridgehead atoms. The van der Waals surface area contributed by atoms with E-state index in [-0.39, 0.29) is 52.6 Å². The number of aromatic hydroxyl groups is 1. The van der Waals surface area contributed by atoms with Crippen molar-refractivity contribution in [2.45, 2.75) is 13.0 Å². The lowest BCUT2D eigenvalue weighted by Crippen LogP contribution is -2.29. The van der Waals surface area contributed by atoms with E-state index in [9.17, 15) is 19.8 Å². The van der Waals surface area contributed by atoms with Crippen LogP contribution in [-0.4, -0.2) is 49.5 Å². The lowest BCUT2D eigenvalue weighted by Gasteiger charge is -2.26. The van der Waals surface area contributed by atoms with Crippen molar-refractivity contribution < 1.29 is 43.5 Å². The van der Waals surface area contributed by atoms with E-state index >= 15 is 0 Å². The number of carbonyl (C=O) groups is 2. The van der Waals surface area contributed by atoms with Crippen LogP contribution in [0.3, 0.4) is 0 Å². The number of nitrogens with zero attached hydrogens (tertiary/aromatic N) is 1. The maximum atomic E-state index is 13.6. The summed E-state index contributed by atoms with van der Waals surface area (Å²) in [5.41, 5.74) is 0.608. The average Bonchev–Trinajstić information content (AvgIpc) is 3.51. The molecule has 11 heteroatoms. The summed E-state index contributed by atoms with van der Waals surface area (Å²) in [4.78, 5) is 28.4. The zero-order valence-corrected chi connectivity index (χ0v) is 21.9. The van der Waals surface area contributed by atoms with E-state index in [1.807, 2.05) is 0 Å². The van der Waals surface area contributed by atoms with Gasteiger partial charge in [-0.3, -0.25) is 14.5 Å². The van der Waals surface area contributed by atoms with Gasteiger partial charge in [0.25, 0.3) is 11.7 Å². The summed E-state index contributed by atoms with van der Waals surface area (Å²) in [6.45, 7) is 2.04. The fourth-order valence-corrected chi connectivity index (χ4v) is 4.84. The first-order chi connectivity index (χ1) is 18.8. The van der Waals surface area contributed by atoms with E-state index in [1.165, 1.54) is 43.4 Å². The summed E-state index contributed by atoms with van der Waals surface area (Å²) in [7, 11) is 2.79. The molecule has 5 rings (SSSR count). The van der Waals surface area contributed by atoms with E-state index in [2.05, 4.69) is 0 Å². The number of anilines is 1. The molecule has 1 unspecified atom stereocenters. The molecule has 0 radical (unpaired) electrons. The van der Waals surface area contributed by atoms with Crippen LogP contribution in [-0.2, 0) is 9.59 Å². The number of hydrogen-bond donors (Lipinski definition) is 2. The van der Waals surface area contributed by atoms with Crippen molar-refractivity contribution in [2.24, 2.45) is 0 Å². The Morgan fingerprint density at radius 3 is 2.46 bits per heavy atom. The van der Waals surface area contributed by atoms with Gasteiger partial charge in [0, 0.05) is 17.8 Å². The molecule has 39 heavy (non-hydrogen) atoms. The zero-order chi connectivity index (χ0) is 27.8. The first kappa shape index (κ1) is 26.1. The number of Topliss-reactive ketones (excluding diaryl/α,β-unsaturated/α-hetero) is 1. The number of amides is 1. The van der Waals surface area contributed by atoms with Crippen molar-refractivity contribution in [3.8, 4) is 34.5 Å². The van der Waals surface area contributed by atoms with Crippen LogP contribution in [0.25, 0.3) is 5.76 Å². The van der Waals surface area contributed by atoms with E-state index in [1.54, 1.807) is 31.2 Å². The molecule has 3 aromatic rings. The summed E-state index contributed by atoms with van der Waals surface area (Å²) >= 11 is 6.24. The van der Waals surface area contributed by atoms with Gasteiger partial charge in [-0.25, -0.2) is 0 Å². The SMILES string of the molecule is CCOc1cc(C2/C(=C(\O)c3cc(OC)c(Cl)cc3OC)C(=O)C(=O)N2c2ccc3c(c2)OCO3)ccc1O. The molecule has 3 aromatic carbocycles. The number of phenols is 1. The van der Waals surface area contributed by atoms with Crippen molar-refractivity contribution in [3.63, 3.8) is 0 Å². The number of aliphatic hydroxyl groups is 1. The van der Waals surface area contributed by atoms with E-state index in [4.69, 9.17) is 35.3 Å². The highest BCUT2D eigenvalue weighted by Gasteiger charge is 2.48. The minimum absolute atomic E-state index is 0.0227. The quantitative estimate of drug-likeness (QED) is 0.241. The highest BCUT2D eigenvalue weighted by Crippen LogP contribution is 2.47. The molecule has 2 heterocycles. The van der Waals surface area contributed by atoms with Gasteiger partial charge in [-0.1, -0.05) is 17.7 Å². The van der Waals surface area contributed by atoms with Crippen LogP contribution in [0.2, 0.25) is 5.02 Å². The fourth-order valence-electron chi connectivity index (χ4n) is 4.61. The predicted molar refractivity (Wildman–Crippen MR) is 141 cm³/mol. The maximum absolute atomic E-state index is 13.6. The summed E-state index contributed by atoms with van der Waals surface area (Å²) < 4.78 is 27.1. The number of rotatable bonds is 7. The number of carbonyl (C=O) groups excluding carboxylic acids is 2. The van der Waals surface area contributed by atoms with Crippen LogP contribution in [0.15, 0.2) is 54.1 Å². The second-order valence-electron chi connectivity index (χ2n) is 8.55. The summed E-state index contributed by atoms with van der Waals surface area (Å²) in [6, 6.07) is 11.0. The molecule has 1 atom stereocenters. The van der Waals surface area contributed by atoms with E-state index in [0.29, 0.717) is 22.7 Å². The Morgan fingerprint density at radius 1 is 1.00 bits per heavy atom. The van der Waals surface area contributed by atoms with Crippen LogP contribution >= 0.6 is 11.6 Å². The number of ketones is 1. The molecule has 1 fully saturated rings. The Balaban J connectivity index is 1.76. The van der Waals surface area contributed by atoms with Crippen molar-refractivity contribution in [1.29, 1.82) is 0 Å². The number of aliphatic hydroxyl groups excluding tert-OH is 1. The van der Waals surface area contributed by atoms with Crippen LogP contribution in [0, 0.1) is 0 Å². The van der Waals surface area contributed by atoms with Gasteiger partial charge >= 0.3 is 0 Å². The molecule has 0 spiro atoms. The highest BCUT2D eigenvalue weighted by atomic mass is 35.5. The minimum Gasteiger partial charge on any atom is -0.507 e. The number of phenolic OH excluding ortho intramolecular Hbond substituents is 1. The third kappa shape index (κ3) is 4.42. The summed E-state index contributed by atoms with van der Waals surface area (Å²) in [5.74, 6) is -1.01. The first-order valence-electron chi connectivity index (χ1n) is 11.9. The van der Waals surface area contributed by atoms with Crippen LogP contribution in [0.5, 0.6) is 34.5 Å². The number of hydrogen-bond acceptors (Lipinski definition) is 9. The molecule has 1 amide bonds. The molecule has 2 aliphatic rings. The van der Waals surface area contributed by atoms with E-state index < -0.39 is 23.5 Å². The smallest absolute Gasteiger partial charge is 0.300 e. The van der Waals surface area contributed by atoms with Crippen molar-refractivity contribution in [3.05, 3.63) is 70.3 Å². The van der Waals surface area contributed by atoms with Gasteiger partial charge in [0.1, 0.15) is 17.3 Å². The molecule has 0 aromatic heterocycles. The van der Waals surface area contributed by atoms with Crippen molar-refractivity contribution >= 4 is 34.7 Å². The standard InChI is InChI=1S/C28H24ClNO9/c1-4-37-22-9-14(5-7-18(22)31)25-24(26(32)16-11-21(36-3)17(29)12-20(16)35-2)27(33)28(34)30(25)15-6-8-19-23(10-15)39-13-38-19/h5-12,25,31-32H,4,13H2,1-3H3/b26-24+. The number of methoxy groups -OCH3 is 2. The Bertz CT molecular complexity index is 1520. The molecular weight excluding hydrogens is 530 g/mol. The van der Waals surface area contributed by atoms with Crippen molar-refractivity contribution in [2.75, 3.05) is 32.5 Å². The Morgan fingerprint density at radius 2 is 1.74 bits per heavy atom. The van der Waals surface area contributed by atoms with Crippen LogP contribution < -0.4 is 28.6 Å². The lowest BCUT2D eigenvalue weighted by atomic mass is 9.94. The van der Waals surface area contributed by atoms with E-state index in [0.717, 1.165) is 0 Å². The van der Waals surface area contributed by atoms with Gasteiger partial charge < -0.3 is 33.9 Å². The third-order valence-electron chi connectivity index (χ3n) is 6.41. The monoisotopic (exact) mass is 553 g/mol. The Kier molecular flexibility index (Phi) is 6.88. The molecule has 0 saturated carbocycles. The summed E-state index contributed by atoms with van der Waals surface area (Å²) in [6.07, 6.45) is 0. The minimum atomic E-state index is -1.11. The molecule has 2 aliphatic heterocycles. The Labute approximate surface area is 228 Å². The topological polar surface area (TPSA) is 124 Å². The molecular formula is C28H24ClNO9. The molecule has 202 valence electrons. The fraction of sp³-hybridized carbons (Fsp3) is 0.214. The number of fused-ring (bicyclic) bond motifs is 1. The lowest BCUT2D eigenvalue weighted by molar-refractivity contribution is -0.132. The third-order valence-corrected chi connectivity index (χ3v) is 6.70. The van der Waals surface area contributed by atoms with Crippen LogP contribution in [0.1, 0.15) is 24.1 Å². The molecule has 0 aliphatic carbocycles. The van der Waals surface area contributed by atoms with Crippen LogP contribution in [0.4, 0.5) is 5.69 Å². The Hall–Kier alpha value is -4.57. The second kappa shape index (κ2) is 10.3. The normalized spacial score (nSPS) is 17.4. The zero-order valence-electron chi connectivity index (χ0n) is 21.2. The highest BCUT2D eigenvalue weighted by molar-refractivity contribution is 6.51. The summed E-state index contributed by atoms with van der Waals surface area (Å²) in [5, 5.41) is 22.1. The average molecular weight is 554 g/mol. The van der Waals surface area contributed by atoms with Crippen molar-refractivity contribution in [1.82, 2.24) is 0 Å². The molecule has 10 nitrogen and oxygen atoms in total. The largest absolute Gasteiger partial charge is 0.507 e. The first-order valence-corrected chi connectivity index (χ1v) is 12.2. The van der Waals surface area contributed by atoms with Gasteiger partial charge in [-0.2, -0.15) is 0 Å². The number of benzene rings is 3. The van der Waals surface area contributed by atoms with Gasteiger partial charge in [-0.15, -0.1) is 0 Å².